The molecule has 0 saturated carbocycles. The van der Waals surface area contributed by atoms with Crippen LogP contribution in [0.1, 0.15) is 30.3 Å². The van der Waals surface area contributed by atoms with Gasteiger partial charge in [-0.05, 0) is 36.2 Å². The Labute approximate surface area is 113 Å². The third kappa shape index (κ3) is 2.29. The summed E-state index contributed by atoms with van der Waals surface area (Å²) in [6.07, 6.45) is 0.135. The lowest BCUT2D eigenvalue weighted by Gasteiger charge is -2.33. The fourth-order valence-corrected chi connectivity index (χ4v) is 2.52. The Hall–Kier alpha value is -2.00. The highest BCUT2D eigenvalue weighted by atomic mass is 16.5. The van der Waals surface area contributed by atoms with Gasteiger partial charge in [0.15, 0.2) is 0 Å². The highest BCUT2D eigenvalue weighted by Crippen LogP contribution is 2.32. The highest BCUT2D eigenvalue weighted by molar-refractivity contribution is 5.56. The second-order valence-corrected chi connectivity index (χ2v) is 4.83. The first-order chi connectivity index (χ1) is 9.28. The third-order valence-corrected chi connectivity index (χ3v) is 3.59. The standard InChI is InChI=1S/C16H18N2O/c1-11-14-5-3-4-6-15(14)18-16(17-11)12-7-9-13(19-2)10-8-12/h3-11,16-18H,1-2H3. The zero-order valence-electron chi connectivity index (χ0n) is 11.2. The number of anilines is 1. The molecule has 0 aliphatic carbocycles. The molecule has 1 aliphatic rings. The van der Waals surface area contributed by atoms with Gasteiger partial charge < -0.3 is 10.1 Å². The van der Waals surface area contributed by atoms with Crippen LogP contribution in [0.3, 0.4) is 0 Å². The topological polar surface area (TPSA) is 33.3 Å². The summed E-state index contributed by atoms with van der Waals surface area (Å²) in [4.78, 5) is 0. The van der Waals surface area contributed by atoms with Crippen LogP contribution < -0.4 is 15.4 Å². The summed E-state index contributed by atoms with van der Waals surface area (Å²) < 4.78 is 5.19. The normalized spacial score (nSPS) is 21.4. The molecule has 3 nitrogen and oxygen atoms in total. The van der Waals surface area contributed by atoms with Crippen molar-refractivity contribution in [1.82, 2.24) is 5.32 Å². The molecule has 3 rings (SSSR count). The highest BCUT2D eigenvalue weighted by Gasteiger charge is 2.22. The summed E-state index contributed by atoms with van der Waals surface area (Å²) in [7, 11) is 1.68. The van der Waals surface area contributed by atoms with Crippen molar-refractivity contribution < 1.29 is 4.74 Å². The van der Waals surface area contributed by atoms with Crippen LogP contribution in [0, 0.1) is 0 Å². The second kappa shape index (κ2) is 4.94. The predicted molar refractivity (Wildman–Crippen MR) is 77.4 cm³/mol. The number of para-hydroxylation sites is 1. The van der Waals surface area contributed by atoms with Crippen molar-refractivity contribution in [2.75, 3.05) is 12.4 Å². The minimum atomic E-state index is 0.135. The number of methoxy groups -OCH3 is 1. The molecule has 0 bridgehead atoms. The van der Waals surface area contributed by atoms with Gasteiger partial charge in [-0.3, -0.25) is 5.32 Å². The van der Waals surface area contributed by atoms with Crippen molar-refractivity contribution in [2.24, 2.45) is 0 Å². The molecule has 2 atom stereocenters. The molecule has 1 aliphatic heterocycles. The zero-order chi connectivity index (χ0) is 13.2. The number of nitrogens with one attached hydrogen (secondary N) is 2. The molecule has 0 aromatic heterocycles. The zero-order valence-corrected chi connectivity index (χ0v) is 11.2. The van der Waals surface area contributed by atoms with Crippen molar-refractivity contribution in [3.8, 4) is 5.75 Å². The van der Waals surface area contributed by atoms with Crippen LogP contribution in [0.4, 0.5) is 5.69 Å². The van der Waals surface area contributed by atoms with E-state index in [2.05, 4.69) is 54.0 Å². The van der Waals surface area contributed by atoms with Crippen molar-refractivity contribution in [3.05, 3.63) is 59.7 Å². The van der Waals surface area contributed by atoms with E-state index in [-0.39, 0.29) is 6.17 Å². The van der Waals surface area contributed by atoms with Crippen molar-refractivity contribution >= 4 is 5.69 Å². The van der Waals surface area contributed by atoms with E-state index in [0.29, 0.717) is 6.04 Å². The van der Waals surface area contributed by atoms with E-state index in [4.69, 9.17) is 4.74 Å². The van der Waals surface area contributed by atoms with Crippen LogP contribution in [0.15, 0.2) is 48.5 Å². The lowest BCUT2D eigenvalue weighted by Crippen LogP contribution is -2.35. The Balaban J connectivity index is 1.87. The molecular weight excluding hydrogens is 236 g/mol. The number of benzene rings is 2. The maximum Gasteiger partial charge on any atom is 0.118 e. The minimum Gasteiger partial charge on any atom is -0.497 e. The van der Waals surface area contributed by atoms with E-state index in [1.54, 1.807) is 7.11 Å². The molecule has 0 fully saturated rings. The Kier molecular flexibility index (Phi) is 3.13. The van der Waals surface area contributed by atoms with Gasteiger partial charge >= 0.3 is 0 Å². The summed E-state index contributed by atoms with van der Waals surface area (Å²) in [5.74, 6) is 0.882. The molecule has 2 aromatic carbocycles. The lowest BCUT2D eigenvalue weighted by molar-refractivity contribution is 0.414. The number of hydrogen-bond acceptors (Lipinski definition) is 3. The van der Waals surface area contributed by atoms with Gasteiger partial charge in [-0.2, -0.15) is 0 Å². The molecule has 2 aromatic rings. The van der Waals surface area contributed by atoms with Gasteiger partial charge in [-0.15, -0.1) is 0 Å². The molecule has 2 N–H and O–H groups in total. The van der Waals surface area contributed by atoms with Gasteiger partial charge in [-0.1, -0.05) is 30.3 Å². The van der Waals surface area contributed by atoms with Crippen molar-refractivity contribution in [2.45, 2.75) is 19.1 Å². The fourth-order valence-electron chi connectivity index (χ4n) is 2.52. The van der Waals surface area contributed by atoms with Crippen LogP contribution in [0.2, 0.25) is 0 Å². The van der Waals surface area contributed by atoms with Crippen LogP contribution in [0.5, 0.6) is 5.75 Å². The lowest BCUT2D eigenvalue weighted by atomic mass is 10.0. The van der Waals surface area contributed by atoms with Gasteiger partial charge in [0.05, 0.1) is 7.11 Å². The van der Waals surface area contributed by atoms with Gasteiger partial charge in [-0.25, -0.2) is 0 Å². The molecule has 0 spiro atoms. The van der Waals surface area contributed by atoms with Crippen LogP contribution >= 0.6 is 0 Å². The Morgan fingerprint density at radius 1 is 1.00 bits per heavy atom. The quantitative estimate of drug-likeness (QED) is 0.861. The maximum absolute atomic E-state index is 5.19. The van der Waals surface area contributed by atoms with E-state index in [1.807, 2.05) is 12.1 Å². The monoisotopic (exact) mass is 254 g/mol. The van der Waals surface area contributed by atoms with Crippen molar-refractivity contribution in [3.63, 3.8) is 0 Å². The SMILES string of the molecule is COc1ccc(C2Nc3ccccc3C(C)N2)cc1. The van der Waals surface area contributed by atoms with E-state index in [1.165, 1.54) is 16.8 Å². The number of ether oxygens (including phenoxy) is 1. The summed E-state index contributed by atoms with van der Waals surface area (Å²) >= 11 is 0. The van der Waals surface area contributed by atoms with E-state index in [0.717, 1.165) is 5.75 Å². The molecule has 0 radical (unpaired) electrons. The van der Waals surface area contributed by atoms with Crippen molar-refractivity contribution in [1.29, 1.82) is 0 Å². The number of fused-ring (bicyclic) bond motifs is 1. The first kappa shape index (κ1) is 12.1. The van der Waals surface area contributed by atoms with E-state index < -0.39 is 0 Å². The fraction of sp³-hybridized carbons (Fsp3) is 0.250. The average molecular weight is 254 g/mol. The van der Waals surface area contributed by atoms with Crippen LogP contribution in [0.25, 0.3) is 0 Å². The summed E-state index contributed by atoms with van der Waals surface area (Å²) in [5, 5.41) is 7.10. The first-order valence-electron chi connectivity index (χ1n) is 6.53. The Bertz CT molecular complexity index is 565. The van der Waals surface area contributed by atoms with Gasteiger partial charge in [0, 0.05) is 11.7 Å². The minimum absolute atomic E-state index is 0.135. The Morgan fingerprint density at radius 3 is 2.47 bits per heavy atom. The Morgan fingerprint density at radius 2 is 1.74 bits per heavy atom. The molecule has 3 heteroatoms. The summed E-state index contributed by atoms with van der Waals surface area (Å²) in [6, 6.07) is 16.9. The third-order valence-electron chi connectivity index (χ3n) is 3.59. The van der Waals surface area contributed by atoms with E-state index in [9.17, 15) is 0 Å². The molecule has 0 amide bonds. The van der Waals surface area contributed by atoms with Gasteiger partial charge in [0.1, 0.15) is 11.9 Å². The van der Waals surface area contributed by atoms with Gasteiger partial charge in [0.25, 0.3) is 0 Å². The molecule has 1 heterocycles. The molecule has 98 valence electrons. The predicted octanol–water partition coefficient (Wildman–Crippen LogP) is 3.47. The number of rotatable bonds is 2. The first-order valence-corrected chi connectivity index (χ1v) is 6.53. The smallest absolute Gasteiger partial charge is 0.118 e. The van der Waals surface area contributed by atoms with Gasteiger partial charge in [0.2, 0.25) is 0 Å². The largest absolute Gasteiger partial charge is 0.497 e. The second-order valence-electron chi connectivity index (χ2n) is 4.83. The molecular formula is C16H18N2O. The summed E-state index contributed by atoms with van der Waals surface area (Å²) in [5.41, 5.74) is 3.73. The molecule has 0 saturated heterocycles. The van der Waals surface area contributed by atoms with E-state index >= 15 is 0 Å². The number of hydrogen-bond donors (Lipinski definition) is 2. The molecule has 2 unspecified atom stereocenters. The van der Waals surface area contributed by atoms with Crippen LogP contribution in [-0.4, -0.2) is 7.11 Å². The molecule has 19 heavy (non-hydrogen) atoms. The maximum atomic E-state index is 5.19. The van der Waals surface area contributed by atoms with Crippen LogP contribution in [-0.2, 0) is 0 Å². The average Bonchev–Trinajstić information content (AvgIpc) is 2.47. The summed E-state index contributed by atoms with van der Waals surface area (Å²) in [6.45, 7) is 2.19.